The first-order chi connectivity index (χ1) is 16.3. The topological polar surface area (TPSA) is 79.8 Å². The van der Waals surface area contributed by atoms with Crippen LogP contribution in [0.3, 0.4) is 0 Å². The van der Waals surface area contributed by atoms with Gasteiger partial charge in [-0.15, -0.1) is 0 Å². The zero-order valence-corrected chi connectivity index (χ0v) is 20.8. The van der Waals surface area contributed by atoms with E-state index in [9.17, 15) is 4.79 Å². The van der Waals surface area contributed by atoms with Gasteiger partial charge in [-0.25, -0.2) is 9.48 Å². The molecule has 0 N–H and O–H groups in total. The standard InChI is InChI=1S/C26H32N6O2/c1-7-8-11-22-19(4)27-31(20(22)5)21-13-14-25(18(3)15-21)34-16-23-17(2)10-9-12-24(23)32-26(33)30(6)28-29-32/h9-10,12-15H,7-8,11,16H2,1-6H3. The predicted octanol–water partition coefficient (Wildman–Crippen LogP) is 4.31. The predicted molar refractivity (Wildman–Crippen MR) is 132 cm³/mol. The van der Waals surface area contributed by atoms with E-state index in [4.69, 9.17) is 9.84 Å². The fourth-order valence-corrected chi connectivity index (χ4v) is 4.26. The molecule has 178 valence electrons. The summed E-state index contributed by atoms with van der Waals surface area (Å²) in [5.74, 6) is 0.789. The Morgan fingerprint density at radius 2 is 1.74 bits per heavy atom. The van der Waals surface area contributed by atoms with Crippen LogP contribution in [-0.2, 0) is 20.1 Å². The van der Waals surface area contributed by atoms with Crippen molar-refractivity contribution in [3.63, 3.8) is 0 Å². The number of hydrogen-bond donors (Lipinski definition) is 0. The molecule has 4 aromatic rings. The number of ether oxygens (including phenoxy) is 1. The Labute approximate surface area is 199 Å². The Morgan fingerprint density at radius 1 is 0.941 bits per heavy atom. The first kappa shape index (κ1) is 23.5. The van der Waals surface area contributed by atoms with Gasteiger partial charge in [0, 0.05) is 18.3 Å². The Balaban J connectivity index is 1.59. The van der Waals surface area contributed by atoms with Gasteiger partial charge < -0.3 is 4.74 Å². The van der Waals surface area contributed by atoms with Crippen LogP contribution in [0.4, 0.5) is 0 Å². The zero-order valence-electron chi connectivity index (χ0n) is 20.8. The third kappa shape index (κ3) is 4.40. The normalized spacial score (nSPS) is 11.2. The molecule has 0 saturated carbocycles. The smallest absolute Gasteiger partial charge is 0.368 e. The zero-order chi connectivity index (χ0) is 24.4. The highest BCUT2D eigenvalue weighted by Crippen LogP contribution is 2.26. The highest BCUT2D eigenvalue weighted by molar-refractivity contribution is 5.47. The Hall–Kier alpha value is -3.68. The van der Waals surface area contributed by atoms with Gasteiger partial charge in [-0.2, -0.15) is 14.5 Å². The summed E-state index contributed by atoms with van der Waals surface area (Å²) in [5, 5.41) is 12.6. The first-order valence-corrected chi connectivity index (χ1v) is 11.7. The number of benzene rings is 2. The second-order valence-corrected chi connectivity index (χ2v) is 8.77. The number of hydrogen-bond acceptors (Lipinski definition) is 5. The lowest BCUT2D eigenvalue weighted by atomic mass is 10.1. The summed E-state index contributed by atoms with van der Waals surface area (Å²) < 4.78 is 10.8. The summed E-state index contributed by atoms with van der Waals surface area (Å²) in [6.45, 7) is 10.8. The maximum atomic E-state index is 12.4. The van der Waals surface area contributed by atoms with Crippen LogP contribution >= 0.6 is 0 Å². The molecule has 0 aliphatic heterocycles. The van der Waals surface area contributed by atoms with Crippen molar-refractivity contribution in [2.45, 2.75) is 60.5 Å². The number of aryl methyl sites for hydroxylation is 4. The molecule has 2 heterocycles. The molecule has 0 amide bonds. The minimum Gasteiger partial charge on any atom is -0.489 e. The number of nitrogens with zero attached hydrogens (tertiary/aromatic N) is 6. The van der Waals surface area contributed by atoms with Crippen molar-refractivity contribution in [3.05, 3.63) is 80.5 Å². The summed E-state index contributed by atoms with van der Waals surface area (Å²) in [5.41, 5.74) is 7.96. The number of unbranched alkanes of at least 4 members (excludes halogenated alkanes) is 1. The van der Waals surface area contributed by atoms with E-state index in [1.165, 1.54) is 33.5 Å². The van der Waals surface area contributed by atoms with Crippen molar-refractivity contribution in [1.29, 1.82) is 0 Å². The molecule has 34 heavy (non-hydrogen) atoms. The van der Waals surface area contributed by atoms with Gasteiger partial charge >= 0.3 is 5.69 Å². The summed E-state index contributed by atoms with van der Waals surface area (Å²) in [4.78, 5) is 12.4. The van der Waals surface area contributed by atoms with Crippen molar-refractivity contribution < 1.29 is 4.74 Å². The highest BCUT2D eigenvalue weighted by atomic mass is 16.5. The van der Waals surface area contributed by atoms with Crippen LogP contribution in [0, 0.1) is 27.7 Å². The molecule has 2 aromatic carbocycles. The van der Waals surface area contributed by atoms with E-state index < -0.39 is 0 Å². The third-order valence-corrected chi connectivity index (χ3v) is 6.33. The molecule has 0 saturated heterocycles. The second-order valence-electron chi connectivity index (χ2n) is 8.77. The summed E-state index contributed by atoms with van der Waals surface area (Å²) in [7, 11) is 1.58. The highest BCUT2D eigenvalue weighted by Gasteiger charge is 2.16. The maximum absolute atomic E-state index is 12.4. The van der Waals surface area contributed by atoms with E-state index in [0.29, 0.717) is 12.3 Å². The van der Waals surface area contributed by atoms with Crippen LogP contribution in [0.5, 0.6) is 5.75 Å². The SMILES string of the molecule is CCCCc1c(C)nn(-c2ccc(OCc3c(C)cccc3-n3nnn(C)c3=O)c(C)c2)c1C. The summed E-state index contributed by atoms with van der Waals surface area (Å²) >= 11 is 0. The molecular weight excluding hydrogens is 428 g/mol. The molecule has 0 spiro atoms. The van der Waals surface area contributed by atoms with Crippen molar-refractivity contribution >= 4 is 0 Å². The molecule has 2 aromatic heterocycles. The molecule has 8 heteroatoms. The molecule has 8 nitrogen and oxygen atoms in total. The Bertz CT molecular complexity index is 1380. The van der Waals surface area contributed by atoms with E-state index in [2.05, 4.69) is 37.3 Å². The molecule has 0 unspecified atom stereocenters. The van der Waals surface area contributed by atoms with Crippen molar-refractivity contribution in [3.8, 4) is 17.1 Å². The number of rotatable bonds is 8. The van der Waals surface area contributed by atoms with E-state index in [1.54, 1.807) is 7.05 Å². The van der Waals surface area contributed by atoms with Gasteiger partial charge in [0.05, 0.1) is 17.1 Å². The average Bonchev–Trinajstić information content (AvgIpc) is 3.29. The fraction of sp³-hybridized carbons (Fsp3) is 0.385. The van der Waals surface area contributed by atoms with E-state index in [0.717, 1.165) is 40.2 Å². The molecular formula is C26H32N6O2. The molecule has 0 atom stereocenters. The van der Waals surface area contributed by atoms with Crippen molar-refractivity contribution in [2.75, 3.05) is 0 Å². The van der Waals surface area contributed by atoms with Crippen LogP contribution in [0.1, 0.15) is 53.4 Å². The quantitative estimate of drug-likeness (QED) is 0.392. The second kappa shape index (κ2) is 9.67. The Kier molecular flexibility index (Phi) is 6.68. The first-order valence-electron chi connectivity index (χ1n) is 11.7. The molecule has 0 fully saturated rings. The van der Waals surface area contributed by atoms with Gasteiger partial charge in [0.15, 0.2) is 0 Å². The van der Waals surface area contributed by atoms with Gasteiger partial charge in [0.2, 0.25) is 0 Å². The summed E-state index contributed by atoms with van der Waals surface area (Å²) in [6.07, 6.45) is 3.39. The fourth-order valence-electron chi connectivity index (χ4n) is 4.26. The van der Waals surface area contributed by atoms with Crippen LogP contribution in [0.25, 0.3) is 11.4 Å². The minimum absolute atomic E-state index is 0.296. The monoisotopic (exact) mass is 460 g/mol. The van der Waals surface area contributed by atoms with Crippen molar-refractivity contribution in [1.82, 2.24) is 29.6 Å². The van der Waals surface area contributed by atoms with Crippen molar-refractivity contribution in [2.24, 2.45) is 7.05 Å². The maximum Gasteiger partial charge on any atom is 0.368 e. The number of aromatic nitrogens is 6. The Morgan fingerprint density at radius 3 is 2.41 bits per heavy atom. The van der Waals surface area contributed by atoms with Crippen LogP contribution < -0.4 is 10.4 Å². The van der Waals surface area contributed by atoms with E-state index in [1.807, 2.05) is 48.9 Å². The molecule has 4 rings (SSSR count). The molecule has 0 radical (unpaired) electrons. The average molecular weight is 461 g/mol. The van der Waals surface area contributed by atoms with Gasteiger partial charge in [-0.1, -0.05) is 25.5 Å². The van der Waals surface area contributed by atoms with Gasteiger partial charge in [-0.05, 0) is 91.9 Å². The lowest BCUT2D eigenvalue weighted by Gasteiger charge is -2.15. The van der Waals surface area contributed by atoms with E-state index in [-0.39, 0.29) is 5.69 Å². The van der Waals surface area contributed by atoms with Gasteiger partial charge in [-0.3, -0.25) is 0 Å². The lowest BCUT2D eigenvalue weighted by Crippen LogP contribution is -2.23. The lowest BCUT2D eigenvalue weighted by molar-refractivity contribution is 0.302. The molecule has 0 bridgehead atoms. The third-order valence-electron chi connectivity index (χ3n) is 6.33. The van der Waals surface area contributed by atoms with E-state index >= 15 is 0 Å². The largest absolute Gasteiger partial charge is 0.489 e. The van der Waals surface area contributed by atoms with Gasteiger partial charge in [0.25, 0.3) is 0 Å². The minimum atomic E-state index is -0.296. The van der Waals surface area contributed by atoms with Crippen LogP contribution in [0.2, 0.25) is 0 Å². The van der Waals surface area contributed by atoms with Crippen LogP contribution in [-0.4, -0.2) is 29.6 Å². The molecule has 0 aliphatic rings. The van der Waals surface area contributed by atoms with Gasteiger partial charge in [0.1, 0.15) is 12.4 Å². The molecule has 0 aliphatic carbocycles. The van der Waals surface area contributed by atoms with Crippen LogP contribution in [0.15, 0.2) is 41.2 Å². The number of tetrazole rings is 1. The summed E-state index contributed by atoms with van der Waals surface area (Å²) in [6, 6.07) is 11.9.